The molecular formula is C7H8BrClOS. The molecule has 0 bridgehead atoms. The van der Waals surface area contributed by atoms with E-state index < -0.39 is 6.10 Å². The summed E-state index contributed by atoms with van der Waals surface area (Å²) < 4.78 is 1.04. The molecular weight excluding hydrogens is 248 g/mol. The van der Waals surface area contributed by atoms with E-state index in [1.165, 1.54) is 0 Å². The lowest BCUT2D eigenvalue weighted by Crippen LogP contribution is -1.93. The number of rotatable bonds is 3. The van der Waals surface area contributed by atoms with Crippen LogP contribution in [0, 0.1) is 0 Å². The number of aliphatic hydroxyl groups excluding tert-OH is 1. The number of hydrogen-bond acceptors (Lipinski definition) is 2. The van der Waals surface area contributed by atoms with Gasteiger partial charge in [0.05, 0.1) is 9.89 Å². The van der Waals surface area contributed by atoms with Crippen molar-refractivity contribution in [2.24, 2.45) is 0 Å². The van der Waals surface area contributed by atoms with Crippen LogP contribution < -0.4 is 0 Å². The van der Waals surface area contributed by atoms with Crippen molar-refractivity contribution in [3.8, 4) is 0 Å². The second-order valence-electron chi connectivity index (χ2n) is 2.14. The summed E-state index contributed by atoms with van der Waals surface area (Å²) >= 11 is 10.4. The second kappa shape index (κ2) is 4.45. The summed E-state index contributed by atoms with van der Waals surface area (Å²) in [5.41, 5.74) is 0. The van der Waals surface area contributed by atoms with Crippen LogP contribution in [0.3, 0.4) is 0 Å². The maximum absolute atomic E-state index is 9.44. The van der Waals surface area contributed by atoms with Crippen molar-refractivity contribution >= 4 is 38.9 Å². The molecule has 0 amide bonds. The molecule has 0 spiro atoms. The van der Waals surface area contributed by atoms with Gasteiger partial charge in [-0.2, -0.15) is 0 Å². The maximum atomic E-state index is 9.44. The Labute approximate surface area is 83.1 Å². The van der Waals surface area contributed by atoms with Gasteiger partial charge in [0.25, 0.3) is 0 Å². The highest BCUT2D eigenvalue weighted by Gasteiger charge is 2.08. The van der Waals surface area contributed by atoms with Crippen LogP contribution in [-0.4, -0.2) is 11.0 Å². The third-order valence-corrected chi connectivity index (χ3v) is 3.25. The third kappa shape index (κ3) is 2.75. The van der Waals surface area contributed by atoms with E-state index in [1.807, 2.05) is 12.1 Å². The van der Waals surface area contributed by atoms with Crippen molar-refractivity contribution in [1.82, 2.24) is 0 Å². The zero-order valence-corrected chi connectivity index (χ0v) is 8.92. The summed E-state index contributed by atoms with van der Waals surface area (Å²) in [6.45, 7) is 0. The smallest absolute Gasteiger partial charge is 0.0893 e. The zero-order valence-electron chi connectivity index (χ0n) is 5.76. The van der Waals surface area contributed by atoms with Crippen LogP contribution in [-0.2, 0) is 0 Å². The van der Waals surface area contributed by atoms with Crippen LogP contribution in [0.4, 0.5) is 0 Å². The summed E-state index contributed by atoms with van der Waals surface area (Å²) in [6.07, 6.45) is 0.220. The van der Waals surface area contributed by atoms with E-state index in [2.05, 4.69) is 15.9 Å². The van der Waals surface area contributed by atoms with Gasteiger partial charge >= 0.3 is 0 Å². The topological polar surface area (TPSA) is 20.2 Å². The van der Waals surface area contributed by atoms with Gasteiger partial charge in [-0.3, -0.25) is 0 Å². The first kappa shape index (κ1) is 9.52. The Kier molecular flexibility index (Phi) is 3.85. The third-order valence-electron chi connectivity index (χ3n) is 1.30. The largest absolute Gasteiger partial charge is 0.388 e. The first-order chi connectivity index (χ1) is 5.24. The Hall–Kier alpha value is 0.430. The van der Waals surface area contributed by atoms with E-state index in [-0.39, 0.29) is 0 Å². The van der Waals surface area contributed by atoms with Crippen LogP contribution >= 0.6 is 38.9 Å². The molecule has 0 aliphatic carbocycles. The number of halogens is 2. The molecule has 1 nitrogen and oxygen atoms in total. The van der Waals surface area contributed by atoms with Gasteiger partial charge in [-0.1, -0.05) is 0 Å². The van der Waals surface area contributed by atoms with Gasteiger partial charge in [-0.15, -0.1) is 22.9 Å². The van der Waals surface area contributed by atoms with Crippen molar-refractivity contribution in [2.45, 2.75) is 12.5 Å². The highest BCUT2D eigenvalue weighted by molar-refractivity contribution is 9.11. The zero-order chi connectivity index (χ0) is 8.27. The summed E-state index contributed by atoms with van der Waals surface area (Å²) in [4.78, 5) is 0.970. The average molecular weight is 256 g/mol. The van der Waals surface area contributed by atoms with E-state index in [0.29, 0.717) is 12.3 Å². The fraction of sp³-hybridized carbons (Fsp3) is 0.429. The van der Waals surface area contributed by atoms with Crippen LogP contribution in [0.25, 0.3) is 0 Å². The first-order valence-electron chi connectivity index (χ1n) is 3.23. The van der Waals surface area contributed by atoms with Crippen molar-refractivity contribution in [2.75, 3.05) is 5.88 Å². The van der Waals surface area contributed by atoms with Gasteiger partial charge in [0.2, 0.25) is 0 Å². The molecule has 1 rings (SSSR count). The van der Waals surface area contributed by atoms with Gasteiger partial charge in [-0.05, 0) is 34.5 Å². The Bertz CT molecular complexity index is 226. The van der Waals surface area contributed by atoms with Gasteiger partial charge in [0, 0.05) is 10.8 Å². The standard InChI is InChI=1S/C7H8BrClOS/c8-7-2-1-6(11-7)5(10)3-4-9/h1-2,5,10H,3-4H2/t5-/m1/s1. The molecule has 1 aromatic heterocycles. The molecule has 1 heterocycles. The van der Waals surface area contributed by atoms with Crippen LogP contribution in [0.15, 0.2) is 15.9 Å². The van der Waals surface area contributed by atoms with E-state index in [9.17, 15) is 5.11 Å². The minimum absolute atomic E-state index is 0.399. The monoisotopic (exact) mass is 254 g/mol. The summed E-state index contributed by atoms with van der Waals surface area (Å²) in [5.74, 6) is 0.497. The van der Waals surface area contributed by atoms with Gasteiger partial charge < -0.3 is 5.11 Å². The van der Waals surface area contributed by atoms with Gasteiger partial charge in [-0.25, -0.2) is 0 Å². The predicted octanol–water partition coefficient (Wildman–Crippen LogP) is 3.17. The molecule has 0 saturated carbocycles. The molecule has 1 aromatic rings. The van der Waals surface area contributed by atoms with E-state index in [4.69, 9.17) is 11.6 Å². The van der Waals surface area contributed by atoms with E-state index in [0.717, 1.165) is 8.66 Å². The molecule has 1 atom stereocenters. The SMILES string of the molecule is O[C@H](CCCl)c1ccc(Br)s1. The average Bonchev–Trinajstić information content (AvgIpc) is 2.36. The van der Waals surface area contributed by atoms with Crippen LogP contribution in [0.2, 0.25) is 0 Å². The molecule has 0 aliphatic heterocycles. The highest BCUT2D eigenvalue weighted by atomic mass is 79.9. The van der Waals surface area contributed by atoms with Gasteiger partial charge in [0.15, 0.2) is 0 Å². The Morgan fingerprint density at radius 3 is 2.82 bits per heavy atom. The maximum Gasteiger partial charge on any atom is 0.0893 e. The summed E-state index contributed by atoms with van der Waals surface area (Å²) in [6, 6.07) is 3.84. The summed E-state index contributed by atoms with van der Waals surface area (Å²) in [7, 11) is 0. The normalized spacial score (nSPS) is 13.4. The quantitative estimate of drug-likeness (QED) is 0.823. The molecule has 0 saturated heterocycles. The lowest BCUT2D eigenvalue weighted by atomic mass is 10.2. The van der Waals surface area contributed by atoms with Crippen LogP contribution in [0.1, 0.15) is 17.4 Å². The van der Waals surface area contributed by atoms with Crippen molar-refractivity contribution < 1.29 is 5.11 Å². The number of alkyl halides is 1. The number of aliphatic hydroxyl groups is 1. The minimum Gasteiger partial charge on any atom is -0.388 e. The lowest BCUT2D eigenvalue weighted by molar-refractivity contribution is 0.178. The lowest BCUT2D eigenvalue weighted by Gasteiger charge is -2.03. The van der Waals surface area contributed by atoms with Crippen molar-refractivity contribution in [3.05, 3.63) is 20.8 Å². The molecule has 0 aromatic carbocycles. The van der Waals surface area contributed by atoms with Crippen LogP contribution in [0.5, 0.6) is 0 Å². The number of thiophene rings is 1. The van der Waals surface area contributed by atoms with Crippen molar-refractivity contribution in [1.29, 1.82) is 0 Å². The van der Waals surface area contributed by atoms with E-state index in [1.54, 1.807) is 11.3 Å². The molecule has 1 N–H and O–H groups in total. The first-order valence-corrected chi connectivity index (χ1v) is 5.37. The fourth-order valence-corrected chi connectivity index (χ4v) is 2.40. The Morgan fingerprint density at radius 1 is 1.64 bits per heavy atom. The second-order valence-corrected chi connectivity index (χ2v) is 5.01. The molecule has 0 fully saturated rings. The molecule has 62 valence electrons. The predicted molar refractivity (Wildman–Crippen MR) is 52.3 cm³/mol. The van der Waals surface area contributed by atoms with Gasteiger partial charge in [0.1, 0.15) is 0 Å². The minimum atomic E-state index is -0.399. The fourth-order valence-electron chi connectivity index (χ4n) is 0.753. The Morgan fingerprint density at radius 2 is 2.36 bits per heavy atom. The summed E-state index contributed by atoms with van der Waals surface area (Å²) in [5, 5.41) is 9.44. The number of hydrogen-bond donors (Lipinski definition) is 1. The molecule has 11 heavy (non-hydrogen) atoms. The Balaban J connectivity index is 2.60. The molecule has 0 radical (unpaired) electrons. The molecule has 0 unspecified atom stereocenters. The van der Waals surface area contributed by atoms with Crippen molar-refractivity contribution in [3.63, 3.8) is 0 Å². The highest BCUT2D eigenvalue weighted by Crippen LogP contribution is 2.28. The molecule has 0 aliphatic rings. The van der Waals surface area contributed by atoms with E-state index >= 15 is 0 Å². The molecule has 4 heteroatoms.